The number of nitrogens with one attached hydrogen (secondary N) is 2. The van der Waals surface area contributed by atoms with E-state index in [2.05, 4.69) is 25.5 Å². The molecule has 9 nitrogen and oxygen atoms in total. The number of hydrogen-bond acceptors (Lipinski definition) is 7. The van der Waals surface area contributed by atoms with Gasteiger partial charge in [-0.3, -0.25) is 19.8 Å². The van der Waals surface area contributed by atoms with Crippen LogP contribution in [0.1, 0.15) is 12.8 Å². The highest BCUT2D eigenvalue weighted by Gasteiger charge is 2.22. The topological polar surface area (TPSA) is 113 Å². The molecule has 0 saturated carbocycles. The molecule has 2 aromatic rings. The summed E-state index contributed by atoms with van der Waals surface area (Å²) in [6, 6.07) is 5.19. The number of halogens is 1. The minimum absolute atomic E-state index is 0.00672. The zero-order valence-corrected chi connectivity index (χ0v) is 15.4. The lowest BCUT2D eigenvalue weighted by molar-refractivity contribution is -0.384. The first-order valence-corrected chi connectivity index (χ1v) is 8.92. The van der Waals surface area contributed by atoms with Crippen molar-refractivity contribution in [3.63, 3.8) is 0 Å². The van der Waals surface area contributed by atoms with Gasteiger partial charge in [0.25, 0.3) is 5.69 Å². The monoisotopic (exact) mass is 388 g/mol. The molecule has 2 heterocycles. The second kappa shape index (κ2) is 8.70. The Morgan fingerprint density at radius 2 is 2.07 bits per heavy atom. The summed E-state index contributed by atoms with van der Waals surface area (Å²) in [7, 11) is 1.62. The molecule has 1 aromatic carbocycles. The summed E-state index contributed by atoms with van der Waals surface area (Å²) in [5, 5.41) is 17.2. The third kappa shape index (κ3) is 4.77. The lowest BCUT2D eigenvalue weighted by Crippen LogP contribution is -2.43. The van der Waals surface area contributed by atoms with Crippen LogP contribution in [0.25, 0.3) is 11.3 Å². The van der Waals surface area contributed by atoms with Crippen molar-refractivity contribution in [1.29, 1.82) is 0 Å². The summed E-state index contributed by atoms with van der Waals surface area (Å²) in [5.41, 5.74) is 0.241. The molecule has 1 fully saturated rings. The maximum atomic E-state index is 13.4. The number of aromatic nitrogens is 2. The first kappa shape index (κ1) is 19.6. The Hall–Kier alpha value is -3.14. The molecule has 0 unspecified atom stereocenters. The van der Waals surface area contributed by atoms with E-state index >= 15 is 0 Å². The van der Waals surface area contributed by atoms with E-state index in [1.165, 1.54) is 18.5 Å². The molecule has 0 atom stereocenters. The second-order valence-electron chi connectivity index (χ2n) is 6.58. The Labute approximate surface area is 161 Å². The highest BCUT2D eigenvalue weighted by Crippen LogP contribution is 2.30. The molecule has 1 aromatic heterocycles. The predicted molar refractivity (Wildman–Crippen MR) is 101 cm³/mol. The molecule has 2 N–H and O–H groups in total. The Balaban J connectivity index is 1.68. The van der Waals surface area contributed by atoms with E-state index in [-0.39, 0.29) is 23.2 Å². The van der Waals surface area contributed by atoms with Gasteiger partial charge in [0.15, 0.2) is 0 Å². The van der Waals surface area contributed by atoms with Gasteiger partial charge in [0.05, 0.1) is 28.8 Å². The molecular weight excluding hydrogens is 367 g/mol. The quantitative estimate of drug-likeness (QED) is 0.573. The zero-order valence-electron chi connectivity index (χ0n) is 15.4. The van der Waals surface area contributed by atoms with Gasteiger partial charge in [0.1, 0.15) is 18.0 Å². The number of benzene rings is 1. The van der Waals surface area contributed by atoms with E-state index in [9.17, 15) is 19.3 Å². The van der Waals surface area contributed by atoms with Crippen LogP contribution in [0.2, 0.25) is 0 Å². The highest BCUT2D eigenvalue weighted by molar-refractivity contribution is 5.77. The number of rotatable bonds is 6. The smallest absolute Gasteiger partial charge is 0.281 e. The first-order chi connectivity index (χ1) is 13.5. The van der Waals surface area contributed by atoms with Crippen molar-refractivity contribution in [2.45, 2.75) is 18.9 Å². The zero-order chi connectivity index (χ0) is 20.1. The molecule has 0 radical (unpaired) electrons. The van der Waals surface area contributed by atoms with Crippen LogP contribution in [0, 0.1) is 15.9 Å². The Bertz CT molecular complexity index is 870. The third-order valence-electron chi connectivity index (χ3n) is 4.69. The molecule has 1 aliphatic heterocycles. The van der Waals surface area contributed by atoms with Crippen molar-refractivity contribution in [2.24, 2.45) is 0 Å². The number of amides is 1. The van der Waals surface area contributed by atoms with Crippen LogP contribution >= 0.6 is 0 Å². The van der Waals surface area contributed by atoms with E-state index in [0.717, 1.165) is 32.0 Å². The number of nitrogens with zero attached hydrogens (tertiary/aromatic N) is 4. The van der Waals surface area contributed by atoms with Gasteiger partial charge in [-0.2, -0.15) is 0 Å². The molecular formula is C18H21FN6O3. The molecule has 0 bridgehead atoms. The van der Waals surface area contributed by atoms with Crippen LogP contribution in [-0.4, -0.2) is 58.4 Å². The Morgan fingerprint density at radius 1 is 1.32 bits per heavy atom. The maximum Gasteiger partial charge on any atom is 0.281 e. The fourth-order valence-corrected chi connectivity index (χ4v) is 3.18. The number of carbonyl (C=O) groups is 1. The summed E-state index contributed by atoms with van der Waals surface area (Å²) in [6.45, 7) is 1.95. The molecule has 1 saturated heterocycles. The molecule has 148 valence electrons. The van der Waals surface area contributed by atoms with Gasteiger partial charge in [0.2, 0.25) is 5.91 Å². The number of likely N-dealkylation sites (tertiary alicyclic amines) is 1. The van der Waals surface area contributed by atoms with Crippen molar-refractivity contribution in [3.05, 3.63) is 46.5 Å². The Morgan fingerprint density at radius 3 is 2.75 bits per heavy atom. The van der Waals surface area contributed by atoms with E-state index in [4.69, 9.17) is 0 Å². The molecule has 0 aliphatic carbocycles. The average Bonchev–Trinajstić information content (AvgIpc) is 2.69. The van der Waals surface area contributed by atoms with Gasteiger partial charge in [0, 0.05) is 32.2 Å². The number of carbonyl (C=O) groups excluding carboxylic acids is 1. The summed E-state index contributed by atoms with van der Waals surface area (Å²) in [6.07, 6.45) is 3.01. The van der Waals surface area contributed by atoms with Gasteiger partial charge >= 0.3 is 0 Å². The molecule has 1 aliphatic rings. The maximum absolute atomic E-state index is 13.4. The number of nitro benzene ring substituents is 1. The number of nitro groups is 1. The van der Waals surface area contributed by atoms with Crippen molar-refractivity contribution >= 4 is 17.4 Å². The fraction of sp³-hybridized carbons (Fsp3) is 0.389. The Kier molecular flexibility index (Phi) is 6.09. The standard InChI is InChI=1S/C18H21FN6O3/c1-20-18(26)10-24-6-4-13(5-7-24)23-17-9-15(21-11-22-17)14-3-2-12(19)8-16(14)25(27)28/h2-3,8-9,11,13H,4-7,10H2,1H3,(H,20,26)(H,21,22,23). The van der Waals surface area contributed by atoms with Crippen molar-refractivity contribution < 1.29 is 14.1 Å². The number of piperidine rings is 1. The van der Waals surface area contributed by atoms with Gasteiger partial charge in [-0.05, 0) is 25.0 Å². The summed E-state index contributed by atoms with van der Waals surface area (Å²) < 4.78 is 13.4. The van der Waals surface area contributed by atoms with Crippen molar-refractivity contribution in [2.75, 3.05) is 32.0 Å². The molecule has 3 rings (SSSR count). The lowest BCUT2D eigenvalue weighted by Gasteiger charge is -2.32. The van der Waals surface area contributed by atoms with E-state index in [1.54, 1.807) is 13.1 Å². The number of likely N-dealkylation sites (N-methyl/N-ethyl adjacent to an activating group) is 1. The van der Waals surface area contributed by atoms with Crippen LogP contribution in [0.5, 0.6) is 0 Å². The number of hydrogen-bond donors (Lipinski definition) is 2. The van der Waals surface area contributed by atoms with Gasteiger partial charge in [-0.1, -0.05) is 0 Å². The van der Waals surface area contributed by atoms with Gasteiger partial charge < -0.3 is 10.6 Å². The number of anilines is 1. The van der Waals surface area contributed by atoms with Crippen LogP contribution in [0.3, 0.4) is 0 Å². The highest BCUT2D eigenvalue weighted by atomic mass is 19.1. The minimum atomic E-state index is -0.675. The second-order valence-corrected chi connectivity index (χ2v) is 6.58. The van der Waals surface area contributed by atoms with E-state index < -0.39 is 10.7 Å². The summed E-state index contributed by atoms with van der Waals surface area (Å²) in [5.74, 6) is -0.132. The van der Waals surface area contributed by atoms with E-state index in [0.29, 0.717) is 18.1 Å². The normalized spacial score (nSPS) is 15.2. The molecule has 10 heteroatoms. The predicted octanol–water partition coefficient (Wildman–Crippen LogP) is 1.81. The SMILES string of the molecule is CNC(=O)CN1CCC(Nc2cc(-c3ccc(F)cc3[N+](=O)[O-])ncn2)CC1. The lowest BCUT2D eigenvalue weighted by atomic mass is 10.0. The van der Waals surface area contributed by atoms with Crippen LogP contribution in [0.4, 0.5) is 15.9 Å². The largest absolute Gasteiger partial charge is 0.367 e. The summed E-state index contributed by atoms with van der Waals surface area (Å²) >= 11 is 0. The van der Waals surface area contributed by atoms with Crippen molar-refractivity contribution in [3.8, 4) is 11.3 Å². The average molecular weight is 388 g/mol. The van der Waals surface area contributed by atoms with Gasteiger partial charge in [-0.15, -0.1) is 0 Å². The van der Waals surface area contributed by atoms with Crippen molar-refractivity contribution in [1.82, 2.24) is 20.2 Å². The minimum Gasteiger partial charge on any atom is -0.367 e. The van der Waals surface area contributed by atoms with Crippen LogP contribution in [-0.2, 0) is 4.79 Å². The first-order valence-electron chi connectivity index (χ1n) is 8.92. The molecule has 28 heavy (non-hydrogen) atoms. The fourth-order valence-electron chi connectivity index (χ4n) is 3.18. The molecule has 1 amide bonds. The third-order valence-corrected chi connectivity index (χ3v) is 4.69. The molecule has 0 spiro atoms. The summed E-state index contributed by atoms with van der Waals surface area (Å²) in [4.78, 5) is 32.4. The van der Waals surface area contributed by atoms with E-state index in [1.807, 2.05) is 0 Å². The van der Waals surface area contributed by atoms with Crippen LogP contribution in [0.15, 0.2) is 30.6 Å². The van der Waals surface area contributed by atoms with Gasteiger partial charge in [-0.25, -0.2) is 14.4 Å². The van der Waals surface area contributed by atoms with Crippen LogP contribution < -0.4 is 10.6 Å².